The largest absolute Gasteiger partial charge is 0.228 e. The highest BCUT2D eigenvalue weighted by molar-refractivity contribution is 9.10. The second-order valence-corrected chi connectivity index (χ2v) is 7.01. The van der Waals surface area contributed by atoms with Crippen LogP contribution < -0.4 is 0 Å². The molecule has 1 unspecified atom stereocenters. The van der Waals surface area contributed by atoms with Crippen LogP contribution in [0.3, 0.4) is 0 Å². The van der Waals surface area contributed by atoms with Crippen molar-refractivity contribution in [1.29, 1.82) is 5.26 Å². The summed E-state index contributed by atoms with van der Waals surface area (Å²) in [6.07, 6.45) is 0. The molecule has 0 fully saturated rings. The summed E-state index contributed by atoms with van der Waals surface area (Å²) in [4.78, 5) is 9.32. The molecule has 1 atom stereocenters. The van der Waals surface area contributed by atoms with E-state index in [0.29, 0.717) is 5.82 Å². The highest BCUT2D eigenvalue weighted by Gasteiger charge is 2.12. The fourth-order valence-corrected chi connectivity index (χ4v) is 3.15. The van der Waals surface area contributed by atoms with Crippen molar-refractivity contribution in [3.8, 4) is 17.5 Å². The van der Waals surface area contributed by atoms with Crippen molar-refractivity contribution in [2.45, 2.75) is 17.2 Å². The molecule has 1 aromatic heterocycles. The van der Waals surface area contributed by atoms with Crippen molar-refractivity contribution in [2.75, 3.05) is 0 Å². The number of fused-ring (bicyclic) bond motifs is 1. The molecular weight excluding hydrogens is 358 g/mol. The lowest BCUT2D eigenvalue weighted by atomic mass is 10.2. The summed E-state index contributed by atoms with van der Waals surface area (Å²) >= 11 is 4.90. The van der Waals surface area contributed by atoms with Gasteiger partial charge in [-0.2, -0.15) is 5.26 Å². The molecular formula is C17H12BrN3S. The van der Waals surface area contributed by atoms with Gasteiger partial charge < -0.3 is 0 Å². The van der Waals surface area contributed by atoms with Crippen LogP contribution in [-0.2, 0) is 0 Å². The Hall–Kier alpha value is -1.90. The Morgan fingerprint density at radius 2 is 1.82 bits per heavy atom. The number of nitrogens with zero attached hydrogens (tertiary/aromatic N) is 3. The molecule has 0 aliphatic rings. The van der Waals surface area contributed by atoms with Crippen molar-refractivity contribution in [3.63, 3.8) is 0 Å². The van der Waals surface area contributed by atoms with Crippen LogP contribution in [0.5, 0.6) is 0 Å². The maximum atomic E-state index is 9.07. The quantitative estimate of drug-likeness (QED) is 0.477. The second-order valence-electron chi connectivity index (χ2n) is 4.77. The van der Waals surface area contributed by atoms with E-state index in [4.69, 9.17) is 5.26 Å². The zero-order valence-corrected chi connectivity index (χ0v) is 14.2. The summed E-state index contributed by atoms with van der Waals surface area (Å²) < 4.78 is 1.02. The van der Waals surface area contributed by atoms with Gasteiger partial charge in [-0.15, -0.1) is 0 Å². The third-order valence-electron chi connectivity index (χ3n) is 3.14. The van der Waals surface area contributed by atoms with E-state index < -0.39 is 0 Å². The van der Waals surface area contributed by atoms with Crippen molar-refractivity contribution < 1.29 is 0 Å². The van der Waals surface area contributed by atoms with Gasteiger partial charge in [0.05, 0.1) is 16.8 Å². The Morgan fingerprint density at radius 3 is 2.55 bits per heavy atom. The van der Waals surface area contributed by atoms with Crippen LogP contribution in [0.1, 0.15) is 6.92 Å². The molecule has 3 aromatic rings. The number of nitriles is 1. The lowest BCUT2D eigenvalue weighted by Crippen LogP contribution is -1.97. The van der Waals surface area contributed by atoms with Gasteiger partial charge in [-0.3, -0.25) is 0 Å². The molecule has 0 amide bonds. The predicted octanol–water partition coefficient (Wildman–Crippen LogP) is 5.06. The lowest BCUT2D eigenvalue weighted by molar-refractivity contribution is 1.10. The summed E-state index contributed by atoms with van der Waals surface area (Å²) in [6.45, 7) is 1.88. The third-order valence-corrected chi connectivity index (χ3v) is 4.66. The molecule has 0 saturated heterocycles. The highest BCUT2D eigenvalue weighted by atomic mass is 79.9. The molecule has 1 heterocycles. The molecule has 0 N–H and O–H groups in total. The summed E-state index contributed by atoms with van der Waals surface area (Å²) in [6, 6.07) is 18.0. The Labute approximate surface area is 141 Å². The van der Waals surface area contributed by atoms with Crippen LogP contribution in [0.15, 0.2) is 58.0 Å². The molecule has 5 heteroatoms. The number of rotatable bonds is 3. The molecule has 0 radical (unpaired) electrons. The fraction of sp³-hybridized carbons (Fsp3) is 0.118. The first-order valence-corrected chi connectivity index (χ1v) is 8.43. The zero-order valence-electron chi connectivity index (χ0n) is 11.8. The van der Waals surface area contributed by atoms with Gasteiger partial charge >= 0.3 is 0 Å². The first-order chi connectivity index (χ1) is 10.7. The number of para-hydroxylation sites is 1. The molecule has 108 valence electrons. The average molecular weight is 370 g/mol. The SMILES string of the molecule is CC(C#N)Sc1nc(-c2ccc(Br)cc2)nc2ccccc12. The predicted molar refractivity (Wildman–Crippen MR) is 93.6 cm³/mol. The summed E-state index contributed by atoms with van der Waals surface area (Å²) in [7, 11) is 0. The van der Waals surface area contributed by atoms with Crippen LogP contribution in [0.2, 0.25) is 0 Å². The number of halogens is 1. The monoisotopic (exact) mass is 369 g/mol. The van der Waals surface area contributed by atoms with Crippen molar-refractivity contribution in [1.82, 2.24) is 9.97 Å². The second kappa shape index (κ2) is 6.47. The van der Waals surface area contributed by atoms with Gasteiger partial charge in [-0.25, -0.2) is 9.97 Å². The number of hydrogen-bond donors (Lipinski definition) is 0. The van der Waals surface area contributed by atoms with Crippen LogP contribution in [0.4, 0.5) is 0 Å². The van der Waals surface area contributed by atoms with Crippen molar-refractivity contribution in [3.05, 3.63) is 53.0 Å². The smallest absolute Gasteiger partial charge is 0.161 e. The van der Waals surface area contributed by atoms with Gasteiger partial charge in [-0.05, 0) is 25.1 Å². The summed E-state index contributed by atoms with van der Waals surface area (Å²) in [5.41, 5.74) is 1.85. The number of thioether (sulfide) groups is 1. The molecule has 3 nitrogen and oxygen atoms in total. The van der Waals surface area contributed by atoms with Gasteiger partial charge in [0.15, 0.2) is 5.82 Å². The van der Waals surface area contributed by atoms with E-state index in [1.165, 1.54) is 11.8 Å². The van der Waals surface area contributed by atoms with E-state index in [2.05, 4.69) is 32.0 Å². The minimum atomic E-state index is -0.156. The van der Waals surface area contributed by atoms with Crippen LogP contribution in [0, 0.1) is 11.3 Å². The van der Waals surface area contributed by atoms with Crippen molar-refractivity contribution in [2.24, 2.45) is 0 Å². The van der Waals surface area contributed by atoms with E-state index in [9.17, 15) is 0 Å². The highest BCUT2D eigenvalue weighted by Crippen LogP contribution is 2.30. The van der Waals surface area contributed by atoms with Gasteiger partial charge in [0.25, 0.3) is 0 Å². The molecule has 0 bridgehead atoms. The normalized spacial score (nSPS) is 12.0. The number of benzene rings is 2. The molecule has 0 saturated carbocycles. The minimum Gasteiger partial charge on any atom is -0.228 e. The Bertz CT molecular complexity index is 856. The minimum absolute atomic E-state index is 0.156. The van der Waals surface area contributed by atoms with E-state index in [-0.39, 0.29) is 5.25 Å². The van der Waals surface area contributed by atoms with E-state index in [0.717, 1.165) is 26.0 Å². The van der Waals surface area contributed by atoms with Gasteiger partial charge in [-0.1, -0.05) is 58.0 Å². The van der Waals surface area contributed by atoms with Crippen molar-refractivity contribution >= 4 is 38.6 Å². The summed E-state index contributed by atoms with van der Waals surface area (Å²) in [5, 5.41) is 10.7. The third kappa shape index (κ3) is 3.13. The Balaban J connectivity index is 2.16. The molecule has 0 aliphatic heterocycles. The van der Waals surface area contributed by atoms with Gasteiger partial charge in [0.1, 0.15) is 5.03 Å². The van der Waals surface area contributed by atoms with Gasteiger partial charge in [0.2, 0.25) is 0 Å². The Morgan fingerprint density at radius 1 is 1.09 bits per heavy atom. The van der Waals surface area contributed by atoms with Gasteiger partial charge in [0, 0.05) is 15.4 Å². The van der Waals surface area contributed by atoms with E-state index in [1.54, 1.807) is 0 Å². The Kier molecular flexibility index (Phi) is 4.41. The first kappa shape index (κ1) is 15.0. The van der Waals surface area contributed by atoms with E-state index >= 15 is 0 Å². The molecule has 0 spiro atoms. The molecule has 2 aromatic carbocycles. The van der Waals surface area contributed by atoms with Crippen LogP contribution >= 0.6 is 27.7 Å². The fourth-order valence-electron chi connectivity index (χ4n) is 2.06. The maximum absolute atomic E-state index is 9.07. The topological polar surface area (TPSA) is 49.6 Å². The molecule has 3 rings (SSSR count). The zero-order chi connectivity index (χ0) is 15.5. The average Bonchev–Trinajstić information content (AvgIpc) is 2.55. The molecule has 0 aliphatic carbocycles. The standard InChI is InChI=1S/C17H12BrN3S/c1-11(10-19)22-17-14-4-2-3-5-15(14)20-16(21-17)12-6-8-13(18)9-7-12/h2-9,11H,1H3. The summed E-state index contributed by atoms with van der Waals surface area (Å²) in [5.74, 6) is 0.679. The van der Waals surface area contributed by atoms with E-state index in [1.807, 2.05) is 55.5 Å². The number of hydrogen-bond acceptors (Lipinski definition) is 4. The molecule has 22 heavy (non-hydrogen) atoms. The lowest BCUT2D eigenvalue weighted by Gasteiger charge is -2.09. The van der Waals surface area contributed by atoms with Crippen LogP contribution in [-0.4, -0.2) is 15.2 Å². The maximum Gasteiger partial charge on any atom is 0.161 e. The number of aromatic nitrogens is 2. The van der Waals surface area contributed by atoms with Crippen LogP contribution in [0.25, 0.3) is 22.3 Å². The first-order valence-electron chi connectivity index (χ1n) is 6.76.